The summed E-state index contributed by atoms with van der Waals surface area (Å²) in [6.07, 6.45) is 0.896. The van der Waals surface area contributed by atoms with E-state index in [4.69, 9.17) is 5.73 Å². The first-order valence-electron chi connectivity index (χ1n) is 7.30. The van der Waals surface area contributed by atoms with Crippen molar-refractivity contribution >= 4 is 5.91 Å². The summed E-state index contributed by atoms with van der Waals surface area (Å²) in [7, 11) is 0. The Morgan fingerprint density at radius 1 is 1.00 bits per heavy atom. The molecule has 1 aliphatic heterocycles. The number of nitrogens with two attached hydrogens (primary N) is 1. The minimum Gasteiger partial charge on any atom is -0.662 e. The van der Waals surface area contributed by atoms with E-state index in [1.54, 1.807) is 0 Å². The minimum atomic E-state index is -0.789. The first kappa shape index (κ1) is 16.8. The van der Waals surface area contributed by atoms with E-state index < -0.39 is 5.41 Å². The van der Waals surface area contributed by atoms with Gasteiger partial charge in [-0.05, 0) is 17.0 Å². The van der Waals surface area contributed by atoms with Gasteiger partial charge in [0.1, 0.15) is 0 Å². The van der Waals surface area contributed by atoms with Crippen molar-refractivity contribution in [2.75, 3.05) is 13.1 Å². The molecule has 1 atom stereocenters. The van der Waals surface area contributed by atoms with Gasteiger partial charge in [-0.25, -0.2) is 0 Å². The minimum absolute atomic E-state index is 0. The molecule has 2 aromatic carbocycles. The molecule has 1 heterocycles. The molecule has 0 aliphatic carbocycles. The second-order valence-electron chi connectivity index (χ2n) is 5.52. The summed E-state index contributed by atoms with van der Waals surface area (Å²) in [4.78, 5) is 12.6. The Balaban J connectivity index is 0.00000176. The van der Waals surface area contributed by atoms with E-state index in [-0.39, 0.29) is 30.7 Å². The molecule has 0 aromatic heterocycles. The molecule has 4 heteroatoms. The fraction of sp³-hybridized carbons (Fsp3) is 0.278. The smallest absolute Gasteiger partial charge is 0.662 e. The molecule has 0 radical (unpaired) electrons. The van der Waals surface area contributed by atoms with E-state index in [1.807, 2.05) is 60.7 Å². The maximum absolute atomic E-state index is 12.6. The average Bonchev–Trinajstić information content (AvgIpc) is 3.04. The zero-order valence-corrected chi connectivity index (χ0v) is 12.9. The van der Waals surface area contributed by atoms with Crippen molar-refractivity contribution in [1.82, 2.24) is 0 Å². The van der Waals surface area contributed by atoms with Crippen LogP contribution >= 0.6 is 0 Å². The van der Waals surface area contributed by atoms with Crippen LogP contribution in [0, 0.1) is 5.92 Å². The van der Waals surface area contributed by atoms with Crippen LogP contribution in [0.4, 0.5) is 0 Å². The summed E-state index contributed by atoms with van der Waals surface area (Å²) in [5, 5.41) is 4.46. The quantitative estimate of drug-likeness (QED) is 0.781. The summed E-state index contributed by atoms with van der Waals surface area (Å²) in [6.45, 7) is 1.49. The number of hydrogen-bond acceptors (Lipinski definition) is 1. The number of primary amides is 1. The topological polar surface area (TPSA) is 57.2 Å². The Morgan fingerprint density at radius 3 is 1.86 bits per heavy atom. The predicted octanol–water partition coefficient (Wildman–Crippen LogP) is -0.144. The van der Waals surface area contributed by atoms with Crippen molar-refractivity contribution < 1.29 is 23.7 Å². The number of rotatable bonds is 4. The molecule has 2 aromatic rings. The van der Waals surface area contributed by atoms with Crippen LogP contribution in [0.25, 0.3) is 5.32 Å². The van der Waals surface area contributed by atoms with Gasteiger partial charge in [0.15, 0.2) is 0 Å². The number of amides is 1. The maximum Gasteiger partial charge on any atom is 1.00 e. The monoisotopic (exact) mass is 286 g/mol. The Bertz CT molecular complexity index is 570. The second-order valence-corrected chi connectivity index (χ2v) is 5.52. The number of benzene rings is 2. The first-order chi connectivity index (χ1) is 10.3. The zero-order chi connectivity index (χ0) is 14.7. The molecule has 3 rings (SSSR count). The zero-order valence-electron chi connectivity index (χ0n) is 12.9. The molecule has 1 unspecified atom stereocenters. The molecule has 1 saturated heterocycles. The van der Waals surface area contributed by atoms with Crippen LogP contribution in [0.3, 0.4) is 0 Å². The van der Waals surface area contributed by atoms with Gasteiger partial charge in [-0.2, -0.15) is 0 Å². The van der Waals surface area contributed by atoms with Crippen LogP contribution in [0.1, 0.15) is 17.5 Å². The van der Waals surface area contributed by atoms with Crippen LogP contribution in [0.15, 0.2) is 60.7 Å². The van der Waals surface area contributed by atoms with E-state index in [0.29, 0.717) is 6.54 Å². The number of carbonyl (C=O) groups is 1. The number of hydrogen-bond donors (Lipinski definition) is 1. The molecule has 1 amide bonds. The largest absolute Gasteiger partial charge is 1.00 e. The third kappa shape index (κ3) is 2.73. The van der Waals surface area contributed by atoms with Crippen molar-refractivity contribution in [3.63, 3.8) is 0 Å². The average molecular weight is 286 g/mol. The van der Waals surface area contributed by atoms with E-state index in [0.717, 1.165) is 24.1 Å². The molecule has 108 valence electrons. The summed E-state index contributed by atoms with van der Waals surface area (Å²) >= 11 is 0. The van der Waals surface area contributed by atoms with E-state index in [2.05, 4.69) is 5.32 Å². The number of carbonyl (C=O) groups excluding carboxylic acids is 1. The van der Waals surface area contributed by atoms with E-state index in [9.17, 15) is 4.79 Å². The van der Waals surface area contributed by atoms with Gasteiger partial charge in [0.2, 0.25) is 5.91 Å². The third-order valence-electron chi connectivity index (χ3n) is 4.44. The van der Waals surface area contributed by atoms with Gasteiger partial charge >= 0.3 is 18.9 Å². The Morgan fingerprint density at radius 2 is 1.50 bits per heavy atom. The first-order valence-corrected chi connectivity index (χ1v) is 7.30. The van der Waals surface area contributed by atoms with Crippen LogP contribution in [0.5, 0.6) is 0 Å². The summed E-state index contributed by atoms with van der Waals surface area (Å²) in [5.41, 5.74) is 7.07. The van der Waals surface area contributed by atoms with Crippen molar-refractivity contribution in [2.45, 2.75) is 11.8 Å². The summed E-state index contributed by atoms with van der Waals surface area (Å²) in [6, 6.07) is 19.7. The van der Waals surface area contributed by atoms with Crippen molar-refractivity contribution in [2.24, 2.45) is 11.7 Å². The molecule has 3 nitrogen and oxygen atoms in total. The van der Waals surface area contributed by atoms with Crippen molar-refractivity contribution in [3.8, 4) is 0 Å². The van der Waals surface area contributed by atoms with Gasteiger partial charge in [0, 0.05) is 0 Å². The number of nitrogens with zero attached hydrogens (tertiary/aromatic N) is 1. The summed E-state index contributed by atoms with van der Waals surface area (Å²) < 4.78 is 0. The standard InChI is InChI=1S/C18H19N2O.Li/c19-17(21)18(16-11-12-20-13-16,14-7-3-1-4-8-14)15-9-5-2-6-10-15;/h1-10,16H,11-13H2,(H2,19,21);/q-1;+1. The molecule has 0 bridgehead atoms. The fourth-order valence-electron chi connectivity index (χ4n) is 3.46. The van der Waals surface area contributed by atoms with Gasteiger partial charge in [0.25, 0.3) is 0 Å². The van der Waals surface area contributed by atoms with Crippen LogP contribution < -0.4 is 24.6 Å². The predicted molar refractivity (Wildman–Crippen MR) is 84.1 cm³/mol. The maximum atomic E-state index is 12.6. The van der Waals surface area contributed by atoms with Gasteiger partial charge in [-0.15, -0.1) is 13.1 Å². The Labute approximate surface area is 143 Å². The SMILES string of the molecule is NC(=O)C(c1ccccc1)(c1ccccc1)C1CC[N-]C1.[Li+]. The van der Waals surface area contributed by atoms with Gasteiger partial charge in [0.05, 0.1) is 5.41 Å². The molecule has 1 fully saturated rings. The van der Waals surface area contributed by atoms with E-state index in [1.165, 1.54) is 0 Å². The third-order valence-corrected chi connectivity index (χ3v) is 4.44. The van der Waals surface area contributed by atoms with E-state index >= 15 is 0 Å². The second kappa shape index (κ2) is 7.15. The Kier molecular flexibility index (Phi) is 5.47. The van der Waals surface area contributed by atoms with Crippen LogP contribution in [0.2, 0.25) is 0 Å². The fourth-order valence-corrected chi connectivity index (χ4v) is 3.46. The van der Waals surface area contributed by atoms with Crippen molar-refractivity contribution in [1.29, 1.82) is 0 Å². The normalized spacial score (nSPS) is 17.7. The molecule has 1 aliphatic rings. The molecular formula is C18H19LiN2O. The molecular weight excluding hydrogens is 267 g/mol. The van der Waals surface area contributed by atoms with Crippen LogP contribution in [-0.4, -0.2) is 19.0 Å². The van der Waals surface area contributed by atoms with Crippen LogP contribution in [-0.2, 0) is 10.2 Å². The van der Waals surface area contributed by atoms with Gasteiger partial charge in [-0.3, -0.25) is 4.79 Å². The molecule has 0 saturated carbocycles. The molecule has 0 spiro atoms. The molecule has 22 heavy (non-hydrogen) atoms. The Hall–Kier alpha value is -1.53. The van der Waals surface area contributed by atoms with Gasteiger partial charge in [-0.1, -0.05) is 67.1 Å². The summed E-state index contributed by atoms with van der Waals surface area (Å²) in [5.74, 6) is -0.165. The van der Waals surface area contributed by atoms with Gasteiger partial charge < -0.3 is 11.1 Å². The van der Waals surface area contributed by atoms with Crippen molar-refractivity contribution in [3.05, 3.63) is 77.1 Å². The molecule has 2 N–H and O–H groups in total.